The zero-order valence-corrected chi connectivity index (χ0v) is 18.7. The number of nitrogens with two attached hydrogens (primary N) is 1. The third-order valence-electron chi connectivity index (χ3n) is 6.64. The van der Waals surface area contributed by atoms with Crippen molar-refractivity contribution in [2.75, 3.05) is 30.4 Å². The first-order chi connectivity index (χ1) is 15.2. The maximum atomic E-state index is 12.9. The summed E-state index contributed by atoms with van der Waals surface area (Å²) in [5, 5.41) is 4.42. The summed E-state index contributed by atoms with van der Waals surface area (Å²) in [5.74, 6) is 0.460. The van der Waals surface area contributed by atoms with Crippen LogP contribution in [0.1, 0.15) is 18.4 Å². The van der Waals surface area contributed by atoms with Crippen LogP contribution in [0.15, 0.2) is 36.8 Å². The van der Waals surface area contributed by atoms with E-state index in [0.717, 1.165) is 16.5 Å². The molecule has 32 heavy (non-hydrogen) atoms. The molecule has 2 aliphatic rings. The van der Waals surface area contributed by atoms with E-state index >= 15 is 0 Å². The highest BCUT2D eigenvalue weighted by atomic mass is 32.2. The van der Waals surface area contributed by atoms with Crippen molar-refractivity contribution >= 4 is 38.3 Å². The highest BCUT2D eigenvalue weighted by Gasteiger charge is 2.61. The van der Waals surface area contributed by atoms with Crippen molar-refractivity contribution in [3.63, 3.8) is 0 Å². The highest BCUT2D eigenvalue weighted by molar-refractivity contribution is 7.88. The number of rotatable bonds is 4. The molecule has 3 aromatic heterocycles. The summed E-state index contributed by atoms with van der Waals surface area (Å²) in [4.78, 5) is 25.9. The number of fused-ring (bicyclic) bond motifs is 1. The second kappa shape index (κ2) is 7.21. The summed E-state index contributed by atoms with van der Waals surface area (Å²) in [6.07, 6.45) is 7.70. The van der Waals surface area contributed by atoms with Crippen molar-refractivity contribution in [2.24, 2.45) is 11.3 Å². The van der Waals surface area contributed by atoms with E-state index in [1.807, 2.05) is 19.1 Å². The molecule has 3 aromatic rings. The van der Waals surface area contributed by atoms with Crippen LogP contribution in [0, 0.1) is 18.3 Å². The molecule has 1 aliphatic carbocycles. The number of aromatic nitrogens is 3. The second-order valence-corrected chi connectivity index (χ2v) is 10.8. The number of pyridine rings is 3. The molecule has 0 radical (unpaired) electrons. The van der Waals surface area contributed by atoms with Crippen LogP contribution in [0.4, 0.5) is 11.6 Å². The van der Waals surface area contributed by atoms with Gasteiger partial charge in [0.15, 0.2) is 0 Å². The van der Waals surface area contributed by atoms with Gasteiger partial charge in [-0.1, -0.05) is 0 Å². The number of anilines is 2. The second-order valence-electron chi connectivity index (χ2n) is 8.83. The van der Waals surface area contributed by atoms with Gasteiger partial charge >= 0.3 is 0 Å². The molecule has 1 saturated carbocycles. The third kappa shape index (κ3) is 3.59. The summed E-state index contributed by atoms with van der Waals surface area (Å²) in [5.41, 5.74) is 8.55. The average molecular weight is 453 g/mol. The molecular weight excluding hydrogens is 428 g/mol. The molecule has 1 saturated heterocycles. The molecular formula is C22H24N6O3S. The van der Waals surface area contributed by atoms with E-state index in [-0.39, 0.29) is 17.2 Å². The maximum absolute atomic E-state index is 12.9. The molecule has 1 spiro atoms. The molecule has 166 valence electrons. The van der Waals surface area contributed by atoms with Crippen molar-refractivity contribution in [1.29, 1.82) is 0 Å². The summed E-state index contributed by atoms with van der Waals surface area (Å²) >= 11 is 0. The molecule has 2 fully saturated rings. The zero-order valence-electron chi connectivity index (χ0n) is 17.9. The molecule has 0 bridgehead atoms. The number of nitrogens with zero attached hydrogens (tertiary/aromatic N) is 4. The molecule has 5 rings (SSSR count). The topological polar surface area (TPSA) is 131 Å². The Bertz CT molecular complexity index is 1360. The summed E-state index contributed by atoms with van der Waals surface area (Å²) in [6, 6.07) is 5.61. The van der Waals surface area contributed by atoms with Crippen LogP contribution in [-0.4, -0.2) is 52.9 Å². The van der Waals surface area contributed by atoms with Gasteiger partial charge in [0.1, 0.15) is 11.6 Å². The van der Waals surface area contributed by atoms with Gasteiger partial charge in [-0.15, -0.1) is 0 Å². The Balaban J connectivity index is 1.38. The Morgan fingerprint density at radius 1 is 1.31 bits per heavy atom. The van der Waals surface area contributed by atoms with Crippen LogP contribution in [0.3, 0.4) is 0 Å². The molecule has 0 unspecified atom stereocenters. The van der Waals surface area contributed by atoms with Crippen LogP contribution < -0.4 is 11.1 Å². The maximum Gasteiger partial charge on any atom is 0.229 e. The Hall–Kier alpha value is -3.11. The first kappa shape index (κ1) is 20.8. The Labute approximate surface area is 186 Å². The van der Waals surface area contributed by atoms with Crippen LogP contribution in [0.2, 0.25) is 0 Å². The number of nitrogens with one attached hydrogen (secondary N) is 1. The summed E-state index contributed by atoms with van der Waals surface area (Å²) in [7, 11) is -3.23. The van der Waals surface area contributed by atoms with Gasteiger partial charge in [-0.2, -0.15) is 0 Å². The minimum Gasteiger partial charge on any atom is -0.383 e. The minimum atomic E-state index is -3.23. The van der Waals surface area contributed by atoms with Crippen molar-refractivity contribution in [3.05, 3.63) is 42.4 Å². The monoisotopic (exact) mass is 452 g/mol. The predicted molar refractivity (Wildman–Crippen MR) is 122 cm³/mol. The van der Waals surface area contributed by atoms with Crippen LogP contribution in [0.5, 0.6) is 0 Å². The smallest absolute Gasteiger partial charge is 0.229 e. The lowest BCUT2D eigenvalue weighted by molar-refractivity contribution is -0.118. The molecule has 1 amide bonds. The number of hydrogen-bond acceptors (Lipinski definition) is 7. The minimum absolute atomic E-state index is 0.127. The lowest BCUT2D eigenvalue weighted by atomic mass is 10.0. The molecule has 10 heteroatoms. The Morgan fingerprint density at radius 2 is 2.12 bits per heavy atom. The third-order valence-corrected chi connectivity index (χ3v) is 7.89. The van der Waals surface area contributed by atoms with Crippen molar-refractivity contribution in [1.82, 2.24) is 19.3 Å². The van der Waals surface area contributed by atoms with E-state index in [9.17, 15) is 13.2 Å². The van der Waals surface area contributed by atoms with Crippen molar-refractivity contribution in [2.45, 2.75) is 19.8 Å². The van der Waals surface area contributed by atoms with E-state index in [0.29, 0.717) is 48.6 Å². The lowest BCUT2D eigenvalue weighted by Gasteiger charge is -2.13. The summed E-state index contributed by atoms with van der Waals surface area (Å²) in [6.45, 7) is 2.86. The van der Waals surface area contributed by atoms with Gasteiger partial charge in [0.25, 0.3) is 0 Å². The fraction of sp³-hybridized carbons (Fsp3) is 0.364. The van der Waals surface area contributed by atoms with Gasteiger partial charge in [0.05, 0.1) is 11.9 Å². The molecule has 9 nitrogen and oxygen atoms in total. The molecule has 3 N–H and O–H groups in total. The lowest BCUT2D eigenvalue weighted by Crippen LogP contribution is -2.28. The Morgan fingerprint density at radius 3 is 2.84 bits per heavy atom. The molecule has 1 aliphatic heterocycles. The number of sulfonamides is 1. The average Bonchev–Trinajstić information content (AvgIpc) is 3.26. The SMILES string of the molecule is Cc1ccncc1-c1cc2cc(NC(=O)[C@H]3C[C@]34CCN(S(C)(=O)=O)C4)ncc2c(N)n1. The fourth-order valence-corrected chi connectivity index (χ4v) is 5.55. The van der Waals surface area contributed by atoms with Gasteiger partial charge < -0.3 is 11.1 Å². The van der Waals surface area contributed by atoms with E-state index in [1.165, 1.54) is 10.6 Å². The molecule has 2 atom stereocenters. The van der Waals surface area contributed by atoms with Crippen LogP contribution in [-0.2, 0) is 14.8 Å². The molecule has 4 heterocycles. The van der Waals surface area contributed by atoms with Gasteiger partial charge in [-0.25, -0.2) is 22.7 Å². The van der Waals surface area contributed by atoms with E-state index in [2.05, 4.69) is 20.3 Å². The van der Waals surface area contributed by atoms with Gasteiger partial charge in [0.2, 0.25) is 15.9 Å². The predicted octanol–water partition coefficient (Wildman–Crippen LogP) is 2.19. The van der Waals surface area contributed by atoms with E-state index in [1.54, 1.807) is 24.7 Å². The number of hydrogen-bond donors (Lipinski definition) is 2. The van der Waals surface area contributed by atoms with E-state index < -0.39 is 10.0 Å². The van der Waals surface area contributed by atoms with E-state index in [4.69, 9.17) is 5.73 Å². The number of carbonyl (C=O) groups is 1. The zero-order chi connectivity index (χ0) is 22.7. The first-order valence-electron chi connectivity index (χ1n) is 10.4. The number of aryl methyl sites for hydroxylation is 1. The number of nitrogen functional groups attached to an aromatic ring is 1. The quantitative estimate of drug-likeness (QED) is 0.620. The largest absolute Gasteiger partial charge is 0.383 e. The van der Waals surface area contributed by atoms with Crippen LogP contribution >= 0.6 is 0 Å². The standard InChI is InChI=1S/C22H24N6O3S/c1-13-3-5-24-10-15(13)18-7-14-8-19(25-11-16(14)20(23)26-18)27-21(29)17-9-22(17)4-6-28(12-22)32(2,30)31/h3,5,7-8,10-11,17H,4,6,9,12H2,1-2H3,(H2,23,26)(H,25,27,29)/t17-,22+/m1/s1. The Kier molecular flexibility index (Phi) is 4.68. The van der Waals surface area contributed by atoms with Crippen LogP contribution in [0.25, 0.3) is 22.0 Å². The van der Waals surface area contributed by atoms with Crippen molar-refractivity contribution < 1.29 is 13.2 Å². The number of amides is 1. The fourth-order valence-electron chi connectivity index (χ4n) is 4.63. The molecule has 0 aromatic carbocycles. The summed E-state index contributed by atoms with van der Waals surface area (Å²) < 4.78 is 25.1. The first-order valence-corrected chi connectivity index (χ1v) is 12.2. The van der Waals surface area contributed by atoms with Gasteiger partial charge in [-0.3, -0.25) is 9.78 Å². The number of carbonyl (C=O) groups excluding carboxylic acids is 1. The van der Waals surface area contributed by atoms with Gasteiger partial charge in [0, 0.05) is 48.5 Å². The van der Waals surface area contributed by atoms with Crippen molar-refractivity contribution in [3.8, 4) is 11.3 Å². The normalized spacial score (nSPS) is 23.0. The van der Waals surface area contributed by atoms with Gasteiger partial charge in [-0.05, 0) is 54.3 Å². The highest BCUT2D eigenvalue weighted by Crippen LogP contribution is 2.59.